The lowest BCUT2D eigenvalue weighted by molar-refractivity contribution is 0.272. The van der Waals surface area contributed by atoms with Crippen LogP contribution in [0.1, 0.15) is 19.8 Å². The van der Waals surface area contributed by atoms with Crippen LogP contribution in [0.25, 0.3) is 0 Å². The van der Waals surface area contributed by atoms with Gasteiger partial charge in [-0.15, -0.1) is 6.42 Å². The third kappa shape index (κ3) is 4.49. The van der Waals surface area contributed by atoms with Gasteiger partial charge < -0.3 is 5.11 Å². The van der Waals surface area contributed by atoms with E-state index in [0.29, 0.717) is 19.5 Å². The van der Waals surface area contributed by atoms with Crippen molar-refractivity contribution in [1.82, 2.24) is 8.61 Å². The molecule has 0 atom stereocenters. The first kappa shape index (κ1) is 15.4. The molecule has 1 N–H and O–H groups in total. The summed E-state index contributed by atoms with van der Waals surface area (Å²) in [6.45, 7) is 2.66. The predicted molar refractivity (Wildman–Crippen MR) is 63.9 cm³/mol. The molecule has 6 heteroatoms. The molecule has 0 fully saturated rings. The first-order chi connectivity index (χ1) is 7.50. The number of rotatable bonds is 8. The molecule has 0 aromatic heterocycles. The quantitative estimate of drug-likeness (QED) is 0.610. The molecule has 0 aliphatic rings. The van der Waals surface area contributed by atoms with Gasteiger partial charge in [0.05, 0.1) is 6.54 Å². The van der Waals surface area contributed by atoms with Gasteiger partial charge in [0.25, 0.3) is 10.2 Å². The molecule has 0 aromatic rings. The molecule has 0 rings (SSSR count). The lowest BCUT2D eigenvalue weighted by Gasteiger charge is -2.25. The number of aliphatic hydroxyl groups is 1. The lowest BCUT2D eigenvalue weighted by Crippen LogP contribution is -2.43. The van der Waals surface area contributed by atoms with Crippen LogP contribution in [0.4, 0.5) is 0 Å². The van der Waals surface area contributed by atoms with Gasteiger partial charge in [-0.25, -0.2) is 0 Å². The minimum atomic E-state index is -3.48. The van der Waals surface area contributed by atoms with E-state index in [1.165, 1.54) is 15.7 Å². The average Bonchev–Trinajstić information content (AvgIpc) is 2.25. The van der Waals surface area contributed by atoms with Gasteiger partial charge in [-0.1, -0.05) is 12.8 Å². The highest BCUT2D eigenvalue weighted by molar-refractivity contribution is 7.86. The van der Waals surface area contributed by atoms with E-state index in [0.717, 1.165) is 6.42 Å². The van der Waals surface area contributed by atoms with Crippen molar-refractivity contribution in [1.29, 1.82) is 0 Å². The Balaban J connectivity index is 4.64. The van der Waals surface area contributed by atoms with Crippen LogP contribution in [0.5, 0.6) is 0 Å². The highest BCUT2D eigenvalue weighted by atomic mass is 32.2. The summed E-state index contributed by atoms with van der Waals surface area (Å²) < 4.78 is 26.5. The summed E-state index contributed by atoms with van der Waals surface area (Å²) in [6, 6.07) is 0. The normalized spacial score (nSPS) is 12.0. The second kappa shape index (κ2) is 7.63. The molecule has 0 aliphatic carbocycles. The maximum atomic E-state index is 12.0. The second-order valence-corrected chi connectivity index (χ2v) is 5.48. The Morgan fingerprint density at radius 1 is 1.38 bits per heavy atom. The first-order valence-electron chi connectivity index (χ1n) is 5.26. The second-order valence-electron chi connectivity index (χ2n) is 3.44. The first-order valence-corrected chi connectivity index (χ1v) is 6.66. The van der Waals surface area contributed by atoms with Gasteiger partial charge in [0.15, 0.2) is 0 Å². The summed E-state index contributed by atoms with van der Waals surface area (Å²) in [4.78, 5) is 0. The topological polar surface area (TPSA) is 60.9 Å². The molecule has 0 aliphatic heterocycles. The minimum Gasteiger partial charge on any atom is -0.396 e. The van der Waals surface area contributed by atoms with Gasteiger partial charge in [0, 0.05) is 26.7 Å². The van der Waals surface area contributed by atoms with E-state index in [4.69, 9.17) is 11.5 Å². The monoisotopic (exact) mass is 248 g/mol. The third-order valence-corrected chi connectivity index (χ3v) is 4.03. The van der Waals surface area contributed by atoms with Crippen molar-refractivity contribution in [2.75, 3.05) is 33.3 Å². The van der Waals surface area contributed by atoms with Gasteiger partial charge in [0.1, 0.15) is 0 Å². The molecule has 0 saturated carbocycles. The van der Waals surface area contributed by atoms with Crippen LogP contribution in [0, 0.1) is 12.3 Å². The van der Waals surface area contributed by atoms with Crippen LogP contribution in [0.2, 0.25) is 0 Å². The summed E-state index contributed by atoms with van der Waals surface area (Å²) in [7, 11) is -1.99. The van der Waals surface area contributed by atoms with Crippen LogP contribution < -0.4 is 0 Å². The zero-order chi connectivity index (χ0) is 12.6. The lowest BCUT2D eigenvalue weighted by atomic mass is 10.5. The molecule has 0 saturated heterocycles. The molecule has 0 radical (unpaired) electrons. The largest absolute Gasteiger partial charge is 0.396 e. The van der Waals surface area contributed by atoms with Crippen LogP contribution >= 0.6 is 0 Å². The summed E-state index contributed by atoms with van der Waals surface area (Å²) in [6.07, 6.45) is 6.28. The van der Waals surface area contributed by atoms with E-state index in [1.54, 1.807) is 0 Å². The van der Waals surface area contributed by atoms with Gasteiger partial charge in [-0.3, -0.25) is 0 Å². The molecule has 94 valence electrons. The van der Waals surface area contributed by atoms with Gasteiger partial charge in [-0.2, -0.15) is 17.0 Å². The molecule has 5 nitrogen and oxygen atoms in total. The fourth-order valence-corrected chi connectivity index (χ4v) is 2.64. The van der Waals surface area contributed by atoms with Crippen molar-refractivity contribution in [3.8, 4) is 12.3 Å². The molecular weight excluding hydrogens is 228 g/mol. The number of nitrogens with zero attached hydrogens (tertiary/aromatic N) is 2. The Kier molecular flexibility index (Phi) is 7.34. The van der Waals surface area contributed by atoms with Crippen molar-refractivity contribution in [3.05, 3.63) is 0 Å². The number of aliphatic hydroxyl groups excluding tert-OH is 1. The molecule has 16 heavy (non-hydrogen) atoms. The summed E-state index contributed by atoms with van der Waals surface area (Å²) in [5, 5.41) is 8.66. The van der Waals surface area contributed by atoms with E-state index in [2.05, 4.69) is 5.92 Å². The summed E-state index contributed by atoms with van der Waals surface area (Å²) >= 11 is 0. The van der Waals surface area contributed by atoms with E-state index in [9.17, 15) is 8.42 Å². The molecule has 0 unspecified atom stereocenters. The van der Waals surface area contributed by atoms with E-state index < -0.39 is 10.2 Å². The van der Waals surface area contributed by atoms with Gasteiger partial charge in [-0.05, 0) is 12.8 Å². The smallest absolute Gasteiger partial charge is 0.282 e. The standard InChI is InChI=1S/C10H20N2O3S/c1-4-7-12(8-5-2)16(14,15)11(3)9-6-10-13/h1,13H,5-10H2,2-3H3. The van der Waals surface area contributed by atoms with E-state index >= 15 is 0 Å². The average molecular weight is 248 g/mol. The molecular formula is C10H20N2O3S. The van der Waals surface area contributed by atoms with Crippen LogP contribution in [-0.2, 0) is 10.2 Å². The fourth-order valence-electron chi connectivity index (χ4n) is 1.23. The van der Waals surface area contributed by atoms with Crippen molar-refractivity contribution in [2.45, 2.75) is 19.8 Å². The van der Waals surface area contributed by atoms with Crippen LogP contribution in [0.3, 0.4) is 0 Å². The molecule has 0 amide bonds. The van der Waals surface area contributed by atoms with Crippen LogP contribution in [0.15, 0.2) is 0 Å². The zero-order valence-corrected chi connectivity index (χ0v) is 10.7. The minimum absolute atomic E-state index is 0.0250. The van der Waals surface area contributed by atoms with Crippen molar-refractivity contribution in [3.63, 3.8) is 0 Å². The maximum absolute atomic E-state index is 12.0. The molecule has 0 heterocycles. The highest BCUT2D eigenvalue weighted by Crippen LogP contribution is 2.07. The Labute approximate surface area is 98.2 Å². The predicted octanol–water partition coefficient (Wildman–Crippen LogP) is -0.109. The Morgan fingerprint density at radius 3 is 2.44 bits per heavy atom. The van der Waals surface area contributed by atoms with Crippen molar-refractivity contribution in [2.24, 2.45) is 0 Å². The Bertz CT molecular complexity index is 321. The summed E-state index contributed by atoms with van der Waals surface area (Å²) in [5.41, 5.74) is 0. The van der Waals surface area contributed by atoms with Crippen molar-refractivity contribution >= 4 is 10.2 Å². The molecule has 0 spiro atoms. The highest BCUT2D eigenvalue weighted by Gasteiger charge is 2.24. The maximum Gasteiger partial charge on any atom is 0.282 e. The van der Waals surface area contributed by atoms with Crippen LogP contribution in [-0.4, -0.2) is 55.4 Å². The van der Waals surface area contributed by atoms with Gasteiger partial charge >= 0.3 is 0 Å². The third-order valence-electron chi connectivity index (χ3n) is 2.09. The zero-order valence-electron chi connectivity index (χ0n) is 9.89. The Morgan fingerprint density at radius 2 is 2.00 bits per heavy atom. The Hall–Kier alpha value is -0.610. The SMILES string of the molecule is C#CCN(CCC)S(=O)(=O)N(C)CCCO. The number of hydrogen-bond donors (Lipinski definition) is 1. The van der Waals surface area contributed by atoms with E-state index in [-0.39, 0.29) is 13.2 Å². The van der Waals surface area contributed by atoms with E-state index in [1.807, 2.05) is 6.92 Å². The molecule has 0 aromatic carbocycles. The summed E-state index contributed by atoms with van der Waals surface area (Å²) in [5.74, 6) is 2.34. The number of hydrogen-bond acceptors (Lipinski definition) is 3. The fraction of sp³-hybridized carbons (Fsp3) is 0.800. The number of terminal acetylenes is 1. The molecule has 0 bridgehead atoms. The van der Waals surface area contributed by atoms with Crippen molar-refractivity contribution < 1.29 is 13.5 Å². The van der Waals surface area contributed by atoms with Gasteiger partial charge in [0.2, 0.25) is 0 Å².